The fourth-order valence-electron chi connectivity index (χ4n) is 2.79. The molecule has 0 saturated carbocycles. The first-order valence-electron chi connectivity index (χ1n) is 9.62. The summed E-state index contributed by atoms with van der Waals surface area (Å²) >= 11 is 0. The quantitative estimate of drug-likeness (QED) is 0.325. The molecule has 1 amide bonds. The van der Waals surface area contributed by atoms with E-state index in [-0.39, 0.29) is 0 Å². The Labute approximate surface area is 171 Å². The Morgan fingerprint density at radius 2 is 2.00 bits per heavy atom. The van der Waals surface area contributed by atoms with E-state index < -0.39 is 0 Å². The average molecular weight is 388 g/mol. The Hall–Kier alpha value is -3.52. The lowest BCUT2D eigenvalue weighted by atomic mass is 10.1. The summed E-state index contributed by atoms with van der Waals surface area (Å²) in [5.41, 5.74) is 2.48. The Bertz CT molecular complexity index is 1040. The highest BCUT2D eigenvalue weighted by atomic mass is 16.5. The zero-order chi connectivity index (χ0) is 20.5. The molecule has 0 bridgehead atoms. The molecule has 0 saturated heterocycles. The number of aromatic nitrogens is 1. The number of fused-ring (bicyclic) bond motifs is 1. The molecule has 0 fully saturated rings. The molecule has 0 aliphatic heterocycles. The summed E-state index contributed by atoms with van der Waals surface area (Å²) in [5.74, 6) is 7.73. The van der Waals surface area contributed by atoms with Crippen molar-refractivity contribution in [3.8, 4) is 23.3 Å². The topological polar surface area (TPSA) is 51.7 Å². The highest BCUT2D eigenvalue weighted by Gasteiger charge is 2.08. The van der Waals surface area contributed by atoms with E-state index in [1.165, 1.54) is 4.90 Å². The van der Waals surface area contributed by atoms with Crippen molar-refractivity contribution < 1.29 is 14.3 Å². The largest absolute Gasteiger partial charge is 0.493 e. The number of nitrogens with zero attached hydrogens (tertiary/aromatic N) is 2. The minimum atomic E-state index is 0.498. The van der Waals surface area contributed by atoms with Gasteiger partial charge in [0.2, 0.25) is 6.41 Å². The lowest BCUT2D eigenvalue weighted by Crippen LogP contribution is -2.15. The first kappa shape index (κ1) is 20.2. The molecule has 3 rings (SSSR count). The minimum absolute atomic E-state index is 0.498. The van der Waals surface area contributed by atoms with Crippen molar-refractivity contribution >= 4 is 23.0 Å². The molecular formula is C24H24N2O3. The summed E-state index contributed by atoms with van der Waals surface area (Å²) in [6, 6.07) is 15.4. The molecule has 5 nitrogen and oxygen atoms in total. The van der Waals surface area contributed by atoms with E-state index in [9.17, 15) is 4.79 Å². The maximum atomic E-state index is 11.2. The van der Waals surface area contributed by atoms with Crippen LogP contribution in [0.1, 0.15) is 25.3 Å². The number of anilines is 1. The third-order valence-corrected chi connectivity index (χ3v) is 4.26. The summed E-state index contributed by atoms with van der Waals surface area (Å²) < 4.78 is 11.5. The summed E-state index contributed by atoms with van der Waals surface area (Å²) in [5, 5.41) is 1.05. The highest BCUT2D eigenvalue weighted by Crippen LogP contribution is 2.28. The number of carbonyl (C=O) groups excluding carboxylic acids is 1. The van der Waals surface area contributed by atoms with Gasteiger partial charge >= 0.3 is 0 Å². The third-order valence-electron chi connectivity index (χ3n) is 4.26. The first-order valence-corrected chi connectivity index (χ1v) is 9.62. The predicted molar refractivity (Wildman–Crippen MR) is 115 cm³/mol. The van der Waals surface area contributed by atoms with Gasteiger partial charge in [0.1, 0.15) is 11.5 Å². The van der Waals surface area contributed by atoms with E-state index in [1.807, 2.05) is 55.5 Å². The number of rotatable bonds is 8. The molecule has 0 unspecified atom stereocenters. The van der Waals surface area contributed by atoms with Crippen LogP contribution >= 0.6 is 0 Å². The van der Waals surface area contributed by atoms with E-state index in [1.54, 1.807) is 13.2 Å². The smallest absolute Gasteiger partial charge is 0.213 e. The summed E-state index contributed by atoms with van der Waals surface area (Å²) in [6.07, 6.45) is 4.04. The summed E-state index contributed by atoms with van der Waals surface area (Å²) in [7, 11) is 1.70. The Balaban J connectivity index is 1.60. The minimum Gasteiger partial charge on any atom is -0.493 e. The Kier molecular flexibility index (Phi) is 7.07. The van der Waals surface area contributed by atoms with Crippen molar-refractivity contribution in [3.63, 3.8) is 0 Å². The number of carbonyl (C=O) groups is 1. The lowest BCUT2D eigenvalue weighted by Gasteiger charge is -2.16. The molecule has 1 heterocycles. The zero-order valence-electron chi connectivity index (χ0n) is 16.7. The fraction of sp³-hybridized carbons (Fsp3) is 0.250. The second kappa shape index (κ2) is 10.1. The van der Waals surface area contributed by atoms with Crippen LogP contribution < -0.4 is 14.4 Å². The van der Waals surface area contributed by atoms with Crippen LogP contribution in [0.5, 0.6) is 11.5 Å². The van der Waals surface area contributed by atoms with E-state index in [0.717, 1.165) is 35.0 Å². The standard InChI is InChI=1S/C24H24N2O3/c1-3-14-29-24-12-9-19(16-23(24)26(2)18-27)7-4-5-15-28-21-10-11-22-20(17-21)8-6-13-25-22/h6,8-13,16-18H,3,5,14-15H2,1-2H3. The number of amides is 1. The van der Waals surface area contributed by atoms with Gasteiger partial charge in [-0.1, -0.05) is 24.8 Å². The van der Waals surface area contributed by atoms with E-state index >= 15 is 0 Å². The van der Waals surface area contributed by atoms with Gasteiger partial charge in [0, 0.05) is 30.6 Å². The van der Waals surface area contributed by atoms with Crippen LogP contribution in [-0.2, 0) is 4.79 Å². The zero-order valence-corrected chi connectivity index (χ0v) is 16.7. The van der Waals surface area contributed by atoms with Crippen LogP contribution in [0.2, 0.25) is 0 Å². The molecule has 2 aromatic carbocycles. The number of hydrogen-bond donors (Lipinski definition) is 0. The van der Waals surface area contributed by atoms with Gasteiger partial charge in [0.15, 0.2) is 0 Å². The van der Waals surface area contributed by atoms with Crippen LogP contribution in [0.25, 0.3) is 10.9 Å². The first-order chi connectivity index (χ1) is 14.2. The molecular weight excluding hydrogens is 364 g/mol. The number of hydrogen-bond acceptors (Lipinski definition) is 4. The Morgan fingerprint density at radius 3 is 2.83 bits per heavy atom. The molecule has 148 valence electrons. The van der Waals surface area contributed by atoms with Crippen molar-refractivity contribution in [3.05, 3.63) is 60.3 Å². The average Bonchev–Trinajstić information content (AvgIpc) is 2.77. The van der Waals surface area contributed by atoms with Crippen molar-refractivity contribution in [2.45, 2.75) is 19.8 Å². The Morgan fingerprint density at radius 1 is 1.10 bits per heavy atom. The van der Waals surface area contributed by atoms with Gasteiger partial charge in [0.25, 0.3) is 0 Å². The summed E-state index contributed by atoms with van der Waals surface area (Å²) in [4.78, 5) is 17.0. The monoisotopic (exact) mass is 388 g/mol. The van der Waals surface area contributed by atoms with Crippen LogP contribution in [0.3, 0.4) is 0 Å². The van der Waals surface area contributed by atoms with E-state index in [2.05, 4.69) is 16.8 Å². The van der Waals surface area contributed by atoms with Crippen molar-refractivity contribution in [1.82, 2.24) is 4.98 Å². The van der Waals surface area contributed by atoms with Gasteiger partial charge in [-0.2, -0.15) is 0 Å². The van der Waals surface area contributed by atoms with Crippen LogP contribution in [0, 0.1) is 11.8 Å². The van der Waals surface area contributed by atoms with E-state index in [0.29, 0.717) is 31.1 Å². The number of pyridine rings is 1. The molecule has 0 N–H and O–H groups in total. The van der Waals surface area contributed by atoms with E-state index in [4.69, 9.17) is 9.47 Å². The van der Waals surface area contributed by atoms with Gasteiger partial charge in [0.05, 0.1) is 24.4 Å². The highest BCUT2D eigenvalue weighted by molar-refractivity contribution is 5.80. The second-order valence-corrected chi connectivity index (χ2v) is 6.51. The molecule has 0 aliphatic carbocycles. The SMILES string of the molecule is CCCOc1ccc(C#CCCOc2ccc3ncccc3c2)cc1N(C)C=O. The third kappa shape index (κ3) is 5.49. The van der Waals surface area contributed by atoms with Crippen molar-refractivity contribution in [1.29, 1.82) is 0 Å². The van der Waals surface area contributed by atoms with Gasteiger partial charge in [-0.25, -0.2) is 0 Å². The van der Waals surface area contributed by atoms with Crippen LogP contribution in [0.4, 0.5) is 5.69 Å². The lowest BCUT2D eigenvalue weighted by molar-refractivity contribution is -0.107. The van der Waals surface area contributed by atoms with Crippen molar-refractivity contribution in [2.75, 3.05) is 25.2 Å². The van der Waals surface area contributed by atoms with Crippen LogP contribution in [0.15, 0.2) is 54.7 Å². The molecule has 29 heavy (non-hydrogen) atoms. The molecule has 0 aliphatic rings. The molecule has 3 aromatic rings. The normalized spacial score (nSPS) is 10.1. The maximum Gasteiger partial charge on any atom is 0.213 e. The predicted octanol–water partition coefficient (Wildman–Crippen LogP) is 4.44. The fourth-order valence-corrected chi connectivity index (χ4v) is 2.79. The van der Waals surface area contributed by atoms with Crippen molar-refractivity contribution in [2.24, 2.45) is 0 Å². The molecule has 1 aromatic heterocycles. The van der Waals surface area contributed by atoms with Gasteiger partial charge in [-0.05, 0) is 48.9 Å². The maximum absolute atomic E-state index is 11.2. The molecule has 0 spiro atoms. The van der Waals surface area contributed by atoms with Gasteiger partial charge in [-0.3, -0.25) is 9.78 Å². The second-order valence-electron chi connectivity index (χ2n) is 6.51. The van der Waals surface area contributed by atoms with Crippen LogP contribution in [-0.4, -0.2) is 31.7 Å². The molecule has 0 radical (unpaired) electrons. The number of benzene rings is 2. The molecule has 0 atom stereocenters. The van der Waals surface area contributed by atoms with Gasteiger partial charge in [-0.15, -0.1) is 0 Å². The summed E-state index contributed by atoms with van der Waals surface area (Å²) in [6.45, 7) is 3.14. The number of ether oxygens (including phenoxy) is 2. The molecule has 5 heteroatoms. The van der Waals surface area contributed by atoms with Gasteiger partial charge < -0.3 is 14.4 Å².